The molecule has 0 saturated heterocycles. The van der Waals surface area contributed by atoms with E-state index in [1.54, 1.807) is 17.0 Å². The van der Waals surface area contributed by atoms with Crippen LogP contribution in [0.15, 0.2) is 84.9 Å². The average molecular weight is 491 g/mol. The van der Waals surface area contributed by atoms with Crippen LogP contribution < -0.4 is 10.1 Å². The lowest BCUT2D eigenvalue weighted by atomic mass is 10.0. The molecule has 0 radical (unpaired) electrons. The second-order valence-corrected chi connectivity index (χ2v) is 8.76. The minimum Gasteiger partial charge on any atom is -0.494 e. The fourth-order valence-corrected chi connectivity index (χ4v) is 3.92. The predicted molar refractivity (Wildman–Crippen MR) is 140 cm³/mol. The first kappa shape index (κ1) is 26.9. The van der Waals surface area contributed by atoms with Gasteiger partial charge < -0.3 is 15.0 Å². The maximum Gasteiger partial charge on any atom is 0.243 e. The lowest BCUT2D eigenvalue weighted by Crippen LogP contribution is -2.50. The van der Waals surface area contributed by atoms with Crippen molar-refractivity contribution in [3.8, 4) is 5.75 Å². The van der Waals surface area contributed by atoms with E-state index in [1.165, 1.54) is 12.1 Å². The second-order valence-electron chi connectivity index (χ2n) is 8.76. The van der Waals surface area contributed by atoms with E-state index in [-0.39, 0.29) is 30.6 Å². The number of ether oxygens (including phenoxy) is 1. The predicted octanol–water partition coefficient (Wildman–Crippen LogP) is 5.54. The fourth-order valence-electron chi connectivity index (χ4n) is 3.92. The van der Waals surface area contributed by atoms with E-state index in [9.17, 15) is 14.0 Å². The number of para-hydroxylation sites is 1. The molecular formula is C30H35FN2O3. The van der Waals surface area contributed by atoms with Gasteiger partial charge in [0, 0.05) is 25.9 Å². The quantitative estimate of drug-likeness (QED) is 0.302. The summed E-state index contributed by atoms with van der Waals surface area (Å²) in [6.45, 7) is 3.24. The number of benzene rings is 3. The van der Waals surface area contributed by atoms with Gasteiger partial charge >= 0.3 is 0 Å². The van der Waals surface area contributed by atoms with E-state index in [4.69, 9.17) is 4.74 Å². The highest BCUT2D eigenvalue weighted by molar-refractivity contribution is 5.88. The van der Waals surface area contributed by atoms with Crippen molar-refractivity contribution in [2.45, 2.75) is 51.6 Å². The molecule has 0 aliphatic heterocycles. The zero-order valence-electron chi connectivity index (χ0n) is 20.9. The van der Waals surface area contributed by atoms with Crippen molar-refractivity contribution < 1.29 is 18.7 Å². The van der Waals surface area contributed by atoms with Crippen molar-refractivity contribution in [1.29, 1.82) is 0 Å². The molecule has 0 fully saturated rings. The summed E-state index contributed by atoms with van der Waals surface area (Å²) in [6, 6.07) is 24.5. The Hall–Kier alpha value is -3.67. The van der Waals surface area contributed by atoms with Crippen LogP contribution in [-0.4, -0.2) is 35.9 Å². The van der Waals surface area contributed by atoms with Gasteiger partial charge in [0.15, 0.2) is 0 Å². The average Bonchev–Trinajstić information content (AvgIpc) is 2.91. The molecule has 3 aromatic carbocycles. The number of carbonyl (C=O) groups is 2. The number of amides is 2. The molecule has 3 aromatic rings. The maximum atomic E-state index is 13.5. The molecule has 36 heavy (non-hydrogen) atoms. The lowest BCUT2D eigenvalue weighted by Gasteiger charge is -2.31. The monoisotopic (exact) mass is 490 g/mol. The molecular weight excluding hydrogens is 455 g/mol. The van der Waals surface area contributed by atoms with Gasteiger partial charge in [0.25, 0.3) is 0 Å². The zero-order valence-corrected chi connectivity index (χ0v) is 20.9. The fraction of sp³-hybridized carbons (Fsp3) is 0.333. The van der Waals surface area contributed by atoms with Gasteiger partial charge in [0.1, 0.15) is 17.6 Å². The number of rotatable bonds is 14. The summed E-state index contributed by atoms with van der Waals surface area (Å²) in [7, 11) is 0. The maximum absolute atomic E-state index is 13.5. The van der Waals surface area contributed by atoms with Crippen molar-refractivity contribution in [1.82, 2.24) is 10.2 Å². The van der Waals surface area contributed by atoms with Gasteiger partial charge in [-0.25, -0.2) is 4.39 Å². The molecule has 0 heterocycles. The third kappa shape index (κ3) is 8.84. The third-order valence-corrected chi connectivity index (χ3v) is 5.91. The van der Waals surface area contributed by atoms with Gasteiger partial charge in [-0.2, -0.15) is 0 Å². The minimum absolute atomic E-state index is 0.137. The highest BCUT2D eigenvalue weighted by Gasteiger charge is 2.30. The third-order valence-electron chi connectivity index (χ3n) is 5.91. The number of hydrogen-bond acceptors (Lipinski definition) is 3. The molecule has 190 valence electrons. The van der Waals surface area contributed by atoms with Crippen LogP contribution in [0.5, 0.6) is 5.75 Å². The molecule has 0 aliphatic rings. The van der Waals surface area contributed by atoms with Gasteiger partial charge in [-0.1, -0.05) is 74.0 Å². The van der Waals surface area contributed by atoms with E-state index in [1.807, 2.05) is 60.7 Å². The van der Waals surface area contributed by atoms with Gasteiger partial charge in [-0.05, 0) is 48.2 Å². The van der Waals surface area contributed by atoms with Gasteiger partial charge in [0.05, 0.1) is 6.61 Å². The number of carbonyl (C=O) groups excluding carboxylic acids is 2. The molecule has 2 amide bonds. The molecule has 1 N–H and O–H groups in total. The summed E-state index contributed by atoms with van der Waals surface area (Å²) >= 11 is 0. The summed E-state index contributed by atoms with van der Waals surface area (Å²) in [5, 5.41) is 3.01. The minimum atomic E-state index is -0.683. The number of nitrogens with one attached hydrogen (secondary N) is 1. The Bertz CT molecular complexity index is 1060. The Morgan fingerprint density at radius 2 is 1.56 bits per heavy atom. The molecule has 0 bridgehead atoms. The molecule has 3 rings (SSSR count). The smallest absolute Gasteiger partial charge is 0.243 e. The van der Waals surface area contributed by atoms with Gasteiger partial charge in [0.2, 0.25) is 11.8 Å². The van der Waals surface area contributed by atoms with E-state index in [0.29, 0.717) is 26.0 Å². The summed E-state index contributed by atoms with van der Waals surface area (Å²) in [5.41, 5.74) is 1.74. The van der Waals surface area contributed by atoms with Gasteiger partial charge in [-0.3, -0.25) is 9.59 Å². The van der Waals surface area contributed by atoms with Crippen molar-refractivity contribution in [2.75, 3.05) is 13.2 Å². The molecule has 6 heteroatoms. The highest BCUT2D eigenvalue weighted by atomic mass is 19.1. The summed E-state index contributed by atoms with van der Waals surface area (Å²) in [6.07, 6.45) is 2.98. The summed E-state index contributed by atoms with van der Waals surface area (Å²) in [4.78, 5) is 28.5. The largest absolute Gasteiger partial charge is 0.494 e. The van der Waals surface area contributed by atoms with E-state index in [2.05, 4.69) is 12.2 Å². The molecule has 1 unspecified atom stereocenters. The van der Waals surface area contributed by atoms with Crippen LogP contribution in [-0.2, 0) is 22.6 Å². The van der Waals surface area contributed by atoms with Crippen molar-refractivity contribution >= 4 is 11.8 Å². The van der Waals surface area contributed by atoms with Crippen molar-refractivity contribution in [3.63, 3.8) is 0 Å². The van der Waals surface area contributed by atoms with Crippen LogP contribution in [0.25, 0.3) is 0 Å². The topological polar surface area (TPSA) is 58.6 Å². The van der Waals surface area contributed by atoms with Crippen LogP contribution in [0.2, 0.25) is 0 Å². The van der Waals surface area contributed by atoms with Crippen LogP contribution >= 0.6 is 0 Å². The highest BCUT2D eigenvalue weighted by Crippen LogP contribution is 2.17. The first-order valence-corrected chi connectivity index (χ1v) is 12.6. The van der Waals surface area contributed by atoms with Crippen LogP contribution in [0.3, 0.4) is 0 Å². The molecule has 1 atom stereocenters. The van der Waals surface area contributed by atoms with Crippen molar-refractivity contribution in [2.24, 2.45) is 0 Å². The van der Waals surface area contributed by atoms with Crippen LogP contribution in [0.1, 0.15) is 43.7 Å². The van der Waals surface area contributed by atoms with Crippen molar-refractivity contribution in [3.05, 3.63) is 102 Å². The Balaban J connectivity index is 1.77. The number of hydrogen-bond donors (Lipinski definition) is 1. The SMILES string of the molecule is CCCCNC(=O)C(Cc1ccccc1)N(Cc1ccc(F)cc1)C(=O)CCCOc1ccccc1. The van der Waals surface area contributed by atoms with Crippen LogP contribution in [0.4, 0.5) is 4.39 Å². The standard InChI is InChI=1S/C30H35FN2O3/c1-2-3-20-32-30(35)28(22-24-11-6-4-7-12-24)33(23-25-16-18-26(31)19-17-25)29(34)15-10-21-36-27-13-8-5-9-14-27/h4-9,11-14,16-19,28H,2-3,10,15,20-23H2,1H3,(H,32,35). The number of halogens is 1. The lowest BCUT2D eigenvalue weighted by molar-refractivity contribution is -0.141. The number of nitrogens with zero attached hydrogens (tertiary/aromatic N) is 1. The number of unbranched alkanes of at least 4 members (excludes halogenated alkanes) is 1. The normalized spacial score (nSPS) is 11.5. The Morgan fingerprint density at radius 1 is 0.889 bits per heavy atom. The van der Waals surface area contributed by atoms with E-state index >= 15 is 0 Å². The molecule has 0 aromatic heterocycles. The molecule has 0 saturated carbocycles. The van der Waals surface area contributed by atoms with E-state index in [0.717, 1.165) is 29.7 Å². The summed E-state index contributed by atoms with van der Waals surface area (Å²) in [5.74, 6) is 0.101. The molecule has 0 spiro atoms. The van der Waals surface area contributed by atoms with Crippen LogP contribution in [0, 0.1) is 5.82 Å². The second kappa shape index (κ2) is 14.7. The molecule has 0 aliphatic carbocycles. The summed E-state index contributed by atoms with van der Waals surface area (Å²) < 4.78 is 19.3. The first-order chi connectivity index (χ1) is 17.6. The zero-order chi connectivity index (χ0) is 25.6. The Kier molecular flexibility index (Phi) is 11.0. The first-order valence-electron chi connectivity index (χ1n) is 12.6. The molecule has 5 nitrogen and oxygen atoms in total. The Morgan fingerprint density at radius 3 is 2.22 bits per heavy atom. The van der Waals surface area contributed by atoms with Gasteiger partial charge in [-0.15, -0.1) is 0 Å². The van der Waals surface area contributed by atoms with E-state index < -0.39 is 6.04 Å². The Labute approximate surface area is 213 Å².